The Kier molecular flexibility index (Phi) is 3.72. The Labute approximate surface area is 110 Å². The van der Waals surface area contributed by atoms with Crippen molar-refractivity contribution in [2.45, 2.75) is 18.7 Å². The number of anilines is 1. The number of alkyl halides is 1. The molecule has 2 rings (SSSR count). The molecule has 3 nitrogen and oxygen atoms in total. The molecule has 0 fully saturated rings. The summed E-state index contributed by atoms with van der Waals surface area (Å²) in [6.45, 7) is 5.23. The lowest BCUT2D eigenvalue weighted by Crippen LogP contribution is -2.43. The van der Waals surface area contributed by atoms with Crippen LogP contribution in [0.15, 0.2) is 24.3 Å². The van der Waals surface area contributed by atoms with Crippen molar-refractivity contribution in [1.29, 1.82) is 0 Å². The normalized spacial score (nSPS) is 16.4. The molecule has 1 aliphatic rings. The average molecular weight is 298 g/mol. The zero-order valence-corrected chi connectivity index (χ0v) is 11.6. The first-order valence-corrected chi connectivity index (χ1v) is 6.70. The second kappa shape index (κ2) is 5.08. The Morgan fingerprint density at radius 1 is 1.41 bits per heavy atom. The van der Waals surface area contributed by atoms with Gasteiger partial charge in [-0.05, 0) is 18.1 Å². The van der Waals surface area contributed by atoms with Crippen LogP contribution in [0.3, 0.4) is 0 Å². The lowest BCUT2D eigenvalue weighted by atomic mass is 10.1. The van der Waals surface area contributed by atoms with Gasteiger partial charge in [0.15, 0.2) is 0 Å². The zero-order chi connectivity index (χ0) is 12.4. The van der Waals surface area contributed by atoms with Gasteiger partial charge >= 0.3 is 0 Å². The molecule has 1 unspecified atom stereocenters. The van der Waals surface area contributed by atoms with Crippen molar-refractivity contribution in [2.24, 2.45) is 5.92 Å². The van der Waals surface area contributed by atoms with Gasteiger partial charge in [-0.15, -0.1) is 0 Å². The quantitative estimate of drug-likeness (QED) is 0.786. The molecule has 1 aromatic rings. The largest absolute Gasteiger partial charge is 0.490 e. The molecule has 1 aromatic carbocycles. The summed E-state index contributed by atoms with van der Waals surface area (Å²) < 4.78 is 5.53. The number of fused-ring (bicyclic) bond motifs is 1. The van der Waals surface area contributed by atoms with Crippen LogP contribution in [-0.2, 0) is 4.79 Å². The maximum absolute atomic E-state index is 12.3. The number of hydrogen-bond acceptors (Lipinski definition) is 2. The standard InChI is InChI=1S/C13H16BrNO2/c1-9(2)12(14)13(16)15-7-8-17-11-6-4-3-5-10(11)15/h3-6,9,12H,7-8H2,1-2H3. The number of rotatable bonds is 2. The number of para-hydroxylation sites is 2. The molecule has 0 aliphatic carbocycles. The van der Waals surface area contributed by atoms with E-state index < -0.39 is 0 Å². The SMILES string of the molecule is CC(C)C(Br)C(=O)N1CCOc2ccccc21. The maximum atomic E-state index is 12.3. The van der Waals surface area contributed by atoms with Crippen molar-refractivity contribution in [2.75, 3.05) is 18.1 Å². The molecule has 0 radical (unpaired) electrons. The van der Waals surface area contributed by atoms with E-state index >= 15 is 0 Å². The Bertz CT molecular complexity index is 420. The summed E-state index contributed by atoms with van der Waals surface area (Å²) in [5, 5.41) is 0. The van der Waals surface area contributed by atoms with E-state index in [0.717, 1.165) is 11.4 Å². The Hall–Kier alpha value is -1.03. The molecule has 92 valence electrons. The summed E-state index contributed by atoms with van der Waals surface area (Å²) in [5.41, 5.74) is 0.869. The highest BCUT2D eigenvalue weighted by Gasteiger charge is 2.29. The molecule has 17 heavy (non-hydrogen) atoms. The van der Waals surface area contributed by atoms with Gasteiger partial charge in [0.25, 0.3) is 0 Å². The van der Waals surface area contributed by atoms with Crippen LogP contribution in [0.25, 0.3) is 0 Å². The Balaban J connectivity index is 2.27. The number of carbonyl (C=O) groups is 1. The third-order valence-electron chi connectivity index (χ3n) is 2.82. The van der Waals surface area contributed by atoms with E-state index in [4.69, 9.17) is 4.74 Å². The van der Waals surface area contributed by atoms with Crippen molar-refractivity contribution >= 4 is 27.5 Å². The molecule has 1 aliphatic heterocycles. The molecule has 4 heteroatoms. The van der Waals surface area contributed by atoms with Gasteiger partial charge in [-0.25, -0.2) is 0 Å². The number of halogens is 1. The molecular formula is C13H16BrNO2. The van der Waals surface area contributed by atoms with Crippen LogP contribution < -0.4 is 9.64 Å². The highest BCUT2D eigenvalue weighted by Crippen LogP contribution is 2.32. The second-order valence-corrected chi connectivity index (χ2v) is 5.44. The van der Waals surface area contributed by atoms with Gasteiger partial charge in [-0.3, -0.25) is 4.79 Å². The van der Waals surface area contributed by atoms with Gasteiger partial charge in [-0.2, -0.15) is 0 Å². The lowest BCUT2D eigenvalue weighted by molar-refractivity contribution is -0.118. The van der Waals surface area contributed by atoms with Gasteiger partial charge in [0.1, 0.15) is 12.4 Å². The molecule has 0 N–H and O–H groups in total. The minimum absolute atomic E-state index is 0.107. The molecule has 1 atom stereocenters. The molecule has 0 aromatic heterocycles. The number of amides is 1. The number of carbonyl (C=O) groups excluding carboxylic acids is 1. The molecule has 0 saturated carbocycles. The highest BCUT2D eigenvalue weighted by molar-refractivity contribution is 9.10. The molecule has 1 amide bonds. The summed E-state index contributed by atoms with van der Waals surface area (Å²) in [6, 6.07) is 7.66. The van der Waals surface area contributed by atoms with E-state index in [0.29, 0.717) is 13.2 Å². The van der Waals surface area contributed by atoms with Gasteiger partial charge in [0.05, 0.1) is 17.1 Å². The Morgan fingerprint density at radius 2 is 2.12 bits per heavy atom. The minimum Gasteiger partial charge on any atom is -0.490 e. The topological polar surface area (TPSA) is 29.5 Å². The summed E-state index contributed by atoms with van der Waals surface area (Å²) in [4.78, 5) is 14.0. The van der Waals surface area contributed by atoms with Gasteiger partial charge < -0.3 is 9.64 Å². The van der Waals surface area contributed by atoms with Crippen molar-refractivity contribution in [1.82, 2.24) is 0 Å². The van der Waals surface area contributed by atoms with Crippen LogP contribution >= 0.6 is 15.9 Å². The highest BCUT2D eigenvalue weighted by atomic mass is 79.9. The van der Waals surface area contributed by atoms with Crippen molar-refractivity contribution in [3.63, 3.8) is 0 Å². The fraction of sp³-hybridized carbons (Fsp3) is 0.462. The summed E-state index contributed by atoms with van der Waals surface area (Å²) >= 11 is 3.46. The van der Waals surface area contributed by atoms with E-state index in [-0.39, 0.29) is 16.7 Å². The van der Waals surface area contributed by atoms with E-state index in [2.05, 4.69) is 15.9 Å². The summed E-state index contributed by atoms with van der Waals surface area (Å²) in [5.74, 6) is 1.17. The van der Waals surface area contributed by atoms with Crippen molar-refractivity contribution in [3.05, 3.63) is 24.3 Å². The molecule has 0 spiro atoms. The van der Waals surface area contributed by atoms with Crippen LogP contribution in [0.5, 0.6) is 5.75 Å². The summed E-state index contributed by atoms with van der Waals surface area (Å²) in [7, 11) is 0. The summed E-state index contributed by atoms with van der Waals surface area (Å²) in [6.07, 6.45) is 0. The van der Waals surface area contributed by atoms with E-state index in [9.17, 15) is 4.79 Å². The molecule has 1 heterocycles. The number of benzene rings is 1. The first-order chi connectivity index (χ1) is 8.11. The van der Waals surface area contributed by atoms with Gasteiger partial charge in [-0.1, -0.05) is 41.9 Å². The third-order valence-corrected chi connectivity index (χ3v) is 4.26. The van der Waals surface area contributed by atoms with E-state index in [1.54, 1.807) is 4.90 Å². The predicted octanol–water partition coefficient (Wildman–Crippen LogP) is 2.83. The zero-order valence-electron chi connectivity index (χ0n) is 10.0. The maximum Gasteiger partial charge on any atom is 0.241 e. The van der Waals surface area contributed by atoms with Gasteiger partial charge in [0, 0.05) is 0 Å². The van der Waals surface area contributed by atoms with Crippen LogP contribution in [-0.4, -0.2) is 23.9 Å². The van der Waals surface area contributed by atoms with E-state index in [1.165, 1.54) is 0 Å². The monoisotopic (exact) mass is 297 g/mol. The van der Waals surface area contributed by atoms with Crippen LogP contribution in [0.4, 0.5) is 5.69 Å². The molecule has 0 bridgehead atoms. The smallest absolute Gasteiger partial charge is 0.241 e. The second-order valence-electron chi connectivity index (χ2n) is 4.45. The van der Waals surface area contributed by atoms with Crippen LogP contribution in [0.2, 0.25) is 0 Å². The van der Waals surface area contributed by atoms with Crippen LogP contribution in [0, 0.1) is 5.92 Å². The van der Waals surface area contributed by atoms with Gasteiger partial charge in [0.2, 0.25) is 5.91 Å². The number of hydrogen-bond donors (Lipinski definition) is 0. The molecular weight excluding hydrogens is 282 g/mol. The minimum atomic E-state index is -0.145. The Morgan fingerprint density at radius 3 is 2.82 bits per heavy atom. The van der Waals surface area contributed by atoms with E-state index in [1.807, 2.05) is 38.1 Å². The molecule has 0 saturated heterocycles. The van der Waals surface area contributed by atoms with Crippen molar-refractivity contribution in [3.8, 4) is 5.75 Å². The van der Waals surface area contributed by atoms with Crippen LogP contribution in [0.1, 0.15) is 13.8 Å². The first kappa shape index (κ1) is 12.4. The first-order valence-electron chi connectivity index (χ1n) is 5.78. The fourth-order valence-electron chi connectivity index (χ4n) is 1.83. The lowest BCUT2D eigenvalue weighted by Gasteiger charge is -2.31. The fourth-order valence-corrected chi connectivity index (χ4v) is 2.08. The van der Waals surface area contributed by atoms with Crippen molar-refractivity contribution < 1.29 is 9.53 Å². The third kappa shape index (κ3) is 2.46. The predicted molar refractivity (Wildman–Crippen MR) is 71.8 cm³/mol. The number of nitrogens with zero attached hydrogens (tertiary/aromatic N) is 1. The average Bonchev–Trinajstić information content (AvgIpc) is 2.36. The number of ether oxygens (including phenoxy) is 1.